The van der Waals surface area contributed by atoms with Crippen LogP contribution in [0.15, 0.2) is 26.0 Å². The van der Waals surface area contributed by atoms with Crippen LogP contribution in [-0.2, 0) is 0 Å². The van der Waals surface area contributed by atoms with Crippen LogP contribution < -0.4 is 0 Å². The van der Waals surface area contributed by atoms with E-state index in [4.69, 9.17) is 16.0 Å². The Morgan fingerprint density at radius 2 is 2.07 bits per heavy atom. The van der Waals surface area contributed by atoms with E-state index in [1.165, 1.54) is 6.07 Å². The van der Waals surface area contributed by atoms with E-state index in [0.717, 1.165) is 0 Å². The van der Waals surface area contributed by atoms with E-state index >= 15 is 0 Å². The van der Waals surface area contributed by atoms with Gasteiger partial charge in [0.2, 0.25) is 0 Å². The van der Waals surface area contributed by atoms with Crippen molar-refractivity contribution in [3.8, 4) is 29.9 Å². The standard InChI is InChI=1S/C5HN9O/c6-4-2-1-3-5-8-10-11-13-14(15)12-9-7/h15H/b10-8+,13-11+. The van der Waals surface area contributed by atoms with Gasteiger partial charge in [-0.05, 0) is 5.22 Å². The molecule has 0 aliphatic carbocycles. The van der Waals surface area contributed by atoms with E-state index in [1.807, 2.05) is 5.92 Å². The summed E-state index contributed by atoms with van der Waals surface area (Å²) in [5.74, 6) is 6.27. The number of azide groups is 1. The molecule has 0 aromatic carbocycles. The van der Waals surface area contributed by atoms with Gasteiger partial charge in [0.15, 0.2) is 6.07 Å². The van der Waals surface area contributed by atoms with Crippen LogP contribution in [-0.4, -0.2) is 10.5 Å². The fourth-order valence-corrected chi connectivity index (χ4v) is 0.262. The maximum atomic E-state index is 8.48. The second-order valence-corrected chi connectivity index (χ2v) is 1.41. The Labute approximate surface area is 83.0 Å². The van der Waals surface area contributed by atoms with Gasteiger partial charge in [-0.3, -0.25) is 0 Å². The Morgan fingerprint density at radius 3 is 2.73 bits per heavy atom. The number of rotatable bonds is 3. The summed E-state index contributed by atoms with van der Waals surface area (Å²) >= 11 is 0. The molecule has 0 aromatic heterocycles. The summed E-state index contributed by atoms with van der Waals surface area (Å²) in [6.07, 6.45) is 0. The first-order chi connectivity index (χ1) is 7.31. The van der Waals surface area contributed by atoms with Crippen LogP contribution in [0.2, 0.25) is 0 Å². The van der Waals surface area contributed by atoms with Crippen molar-refractivity contribution in [1.29, 1.82) is 5.26 Å². The maximum absolute atomic E-state index is 8.48. The van der Waals surface area contributed by atoms with E-state index in [1.54, 1.807) is 0 Å². The lowest BCUT2D eigenvalue weighted by Crippen LogP contribution is -1.97. The van der Waals surface area contributed by atoms with Gasteiger partial charge < -0.3 is 0 Å². The molecule has 0 aliphatic rings. The van der Waals surface area contributed by atoms with Crippen molar-refractivity contribution in [1.82, 2.24) is 5.28 Å². The molecule has 0 atom stereocenters. The van der Waals surface area contributed by atoms with Crippen LogP contribution in [0.5, 0.6) is 0 Å². The zero-order valence-corrected chi connectivity index (χ0v) is 6.97. The summed E-state index contributed by atoms with van der Waals surface area (Å²) in [5.41, 5.74) is 7.80. The number of hydrogen-bond acceptors (Lipinski definition) is 5. The Hall–Kier alpha value is -3.12. The molecule has 0 radical (unpaired) electrons. The summed E-state index contributed by atoms with van der Waals surface area (Å²) in [6, 6.07) is 3.59. The molecule has 72 valence electrons. The highest BCUT2D eigenvalue weighted by atomic mass is 16.6. The molecule has 0 saturated carbocycles. The number of hydrogen-bond donors (Lipinski definition) is 1. The average Bonchev–Trinajstić information content (AvgIpc) is 2.22. The first-order valence-electron chi connectivity index (χ1n) is 3.05. The molecule has 0 unspecified atom stereocenters. The SMILES string of the molecule is N#CC#CC#C/N=N/N=N/N(O)N=[N+]=[N-]. The quantitative estimate of drug-likeness (QED) is 0.241. The van der Waals surface area contributed by atoms with E-state index in [2.05, 4.69) is 48.8 Å². The van der Waals surface area contributed by atoms with Crippen molar-refractivity contribution in [3.05, 3.63) is 10.4 Å². The van der Waals surface area contributed by atoms with Gasteiger partial charge in [-0.25, -0.2) is 0 Å². The molecule has 0 fully saturated rings. The van der Waals surface area contributed by atoms with E-state index < -0.39 is 0 Å². The van der Waals surface area contributed by atoms with Gasteiger partial charge in [0.1, 0.15) is 0 Å². The van der Waals surface area contributed by atoms with Crippen LogP contribution in [0, 0.1) is 35.1 Å². The zero-order valence-electron chi connectivity index (χ0n) is 6.97. The molecule has 0 bridgehead atoms. The fraction of sp³-hybridized carbons (Fsp3) is 0. The predicted molar refractivity (Wildman–Crippen MR) is 43.6 cm³/mol. The molecule has 0 amide bonds. The highest BCUT2D eigenvalue weighted by Gasteiger charge is 1.90. The van der Waals surface area contributed by atoms with Gasteiger partial charge >= 0.3 is 0 Å². The molecule has 15 heavy (non-hydrogen) atoms. The third-order valence-electron chi connectivity index (χ3n) is 0.612. The molecule has 0 aromatic rings. The van der Waals surface area contributed by atoms with E-state index in [0.29, 0.717) is 0 Å². The van der Waals surface area contributed by atoms with Crippen LogP contribution >= 0.6 is 0 Å². The molecule has 0 heterocycles. The predicted octanol–water partition coefficient (Wildman–Crippen LogP) is 1.13. The molecule has 1 N–H and O–H groups in total. The van der Waals surface area contributed by atoms with Crippen molar-refractivity contribution in [2.75, 3.05) is 0 Å². The van der Waals surface area contributed by atoms with Crippen molar-refractivity contribution < 1.29 is 5.21 Å². The molecule has 0 rings (SSSR count). The molecular weight excluding hydrogens is 202 g/mol. The summed E-state index contributed by atoms with van der Waals surface area (Å²) in [7, 11) is 0. The maximum Gasteiger partial charge on any atom is 0.153 e. The largest absolute Gasteiger partial charge is 0.183 e. The van der Waals surface area contributed by atoms with Crippen molar-refractivity contribution >= 4 is 0 Å². The van der Waals surface area contributed by atoms with Gasteiger partial charge in [0.05, 0.1) is 16.5 Å². The summed E-state index contributed by atoms with van der Waals surface area (Å²) in [6.45, 7) is 0. The summed E-state index contributed by atoms with van der Waals surface area (Å²) in [5, 5.41) is 30.7. The highest BCUT2D eigenvalue weighted by Crippen LogP contribution is 1.86. The smallest absolute Gasteiger partial charge is 0.153 e. The van der Waals surface area contributed by atoms with E-state index in [9.17, 15) is 0 Å². The van der Waals surface area contributed by atoms with Crippen molar-refractivity contribution in [2.45, 2.75) is 0 Å². The fourth-order valence-electron chi connectivity index (χ4n) is 0.262. The van der Waals surface area contributed by atoms with Gasteiger partial charge in [-0.2, -0.15) is 15.4 Å². The van der Waals surface area contributed by atoms with Crippen LogP contribution in [0.1, 0.15) is 0 Å². The monoisotopic (exact) mass is 203 g/mol. The lowest BCUT2D eigenvalue weighted by Gasteiger charge is -1.85. The Balaban J connectivity index is 4.04. The average molecular weight is 203 g/mol. The Bertz CT molecular complexity index is 457. The zero-order chi connectivity index (χ0) is 11.4. The second-order valence-electron chi connectivity index (χ2n) is 1.41. The number of nitrogens with zero attached hydrogens (tertiary/aromatic N) is 9. The lowest BCUT2D eigenvalue weighted by atomic mass is 10.6. The highest BCUT2D eigenvalue weighted by molar-refractivity contribution is 5.31. The third kappa shape index (κ3) is 8.79. The van der Waals surface area contributed by atoms with Crippen LogP contribution in [0.4, 0.5) is 0 Å². The van der Waals surface area contributed by atoms with E-state index in [-0.39, 0.29) is 5.28 Å². The van der Waals surface area contributed by atoms with Gasteiger partial charge in [-0.1, -0.05) is 5.11 Å². The van der Waals surface area contributed by atoms with Crippen LogP contribution in [0.25, 0.3) is 10.4 Å². The first-order valence-corrected chi connectivity index (χ1v) is 3.05. The molecular formula is C5HN9O. The lowest BCUT2D eigenvalue weighted by molar-refractivity contribution is -0.0996. The van der Waals surface area contributed by atoms with Gasteiger partial charge in [0.25, 0.3) is 0 Å². The normalized spacial score (nSPS) is 8.00. The summed E-state index contributed by atoms with van der Waals surface area (Å²) in [4.78, 5) is 2.18. The molecule has 0 aliphatic heterocycles. The topological polar surface area (TPSA) is 145 Å². The molecule has 10 heteroatoms. The summed E-state index contributed by atoms with van der Waals surface area (Å²) < 4.78 is 0. The first kappa shape index (κ1) is 11.9. The minimum atomic E-state index is -0.151. The van der Waals surface area contributed by atoms with Gasteiger partial charge in [-0.15, -0.1) is 5.53 Å². The minimum Gasteiger partial charge on any atom is -0.183 e. The van der Waals surface area contributed by atoms with Crippen molar-refractivity contribution in [3.63, 3.8) is 0 Å². The molecule has 0 spiro atoms. The Kier molecular flexibility index (Phi) is 7.11. The minimum absolute atomic E-state index is 0.151. The number of nitriles is 1. The molecule has 0 saturated heterocycles. The van der Waals surface area contributed by atoms with Crippen LogP contribution in [0.3, 0.4) is 0 Å². The second kappa shape index (κ2) is 8.97. The third-order valence-corrected chi connectivity index (χ3v) is 0.612. The molecule has 10 nitrogen and oxygen atoms in total. The van der Waals surface area contributed by atoms with Gasteiger partial charge in [0, 0.05) is 28.2 Å². The Morgan fingerprint density at radius 1 is 1.27 bits per heavy atom. The van der Waals surface area contributed by atoms with Crippen molar-refractivity contribution in [2.24, 2.45) is 26.0 Å².